The summed E-state index contributed by atoms with van der Waals surface area (Å²) in [6.45, 7) is 5.20. The highest BCUT2D eigenvalue weighted by molar-refractivity contribution is 14.0. The number of benzene rings is 1. The third-order valence-electron chi connectivity index (χ3n) is 6.18. The number of nitrogens with one attached hydrogen (secondary N) is 1. The first-order chi connectivity index (χ1) is 14.0. The molecule has 30 heavy (non-hydrogen) atoms. The molecular weight excluding hydrogens is 487 g/mol. The zero-order valence-corrected chi connectivity index (χ0v) is 21.3. The van der Waals surface area contributed by atoms with Crippen molar-refractivity contribution < 1.29 is 0 Å². The van der Waals surface area contributed by atoms with Crippen molar-refractivity contribution in [2.45, 2.75) is 31.7 Å². The minimum atomic E-state index is 0. The smallest absolute Gasteiger partial charge is 0.193 e. The highest BCUT2D eigenvalue weighted by atomic mass is 127. The average molecular weight is 524 g/mol. The molecule has 1 saturated heterocycles. The quantitative estimate of drug-likeness (QED) is 0.356. The van der Waals surface area contributed by atoms with Crippen LogP contribution in [0.3, 0.4) is 0 Å². The van der Waals surface area contributed by atoms with E-state index < -0.39 is 0 Å². The summed E-state index contributed by atoms with van der Waals surface area (Å²) in [7, 11) is 8.08. The van der Waals surface area contributed by atoms with Gasteiger partial charge in [-0.05, 0) is 37.9 Å². The van der Waals surface area contributed by atoms with Gasteiger partial charge >= 0.3 is 0 Å². The first-order valence-electron chi connectivity index (χ1n) is 10.7. The van der Waals surface area contributed by atoms with E-state index in [1.165, 1.54) is 24.0 Å². The van der Waals surface area contributed by atoms with Gasteiger partial charge < -0.3 is 15.1 Å². The fourth-order valence-electron chi connectivity index (χ4n) is 4.51. The van der Waals surface area contributed by atoms with Crippen LogP contribution in [0.25, 0.3) is 0 Å². The number of halogens is 1. The number of rotatable bonds is 6. The lowest BCUT2D eigenvalue weighted by molar-refractivity contribution is 0.213. The summed E-state index contributed by atoms with van der Waals surface area (Å²) in [5, 5.41) is 7.96. The van der Waals surface area contributed by atoms with Crippen LogP contribution >= 0.6 is 24.0 Å². The molecule has 1 fully saturated rings. The molecule has 1 aromatic heterocycles. The molecule has 3 rings (SSSR count). The first kappa shape index (κ1) is 24.7. The molecule has 2 aromatic rings. The van der Waals surface area contributed by atoms with Gasteiger partial charge in [0.25, 0.3) is 0 Å². The van der Waals surface area contributed by atoms with E-state index in [0.717, 1.165) is 25.6 Å². The summed E-state index contributed by atoms with van der Waals surface area (Å²) in [5.41, 5.74) is 2.70. The van der Waals surface area contributed by atoms with Gasteiger partial charge in [0, 0.05) is 45.5 Å². The Bertz CT molecular complexity index is 788. The summed E-state index contributed by atoms with van der Waals surface area (Å²) in [4.78, 5) is 9.26. The maximum atomic E-state index is 4.60. The van der Waals surface area contributed by atoms with Crippen LogP contribution in [-0.2, 0) is 7.05 Å². The molecule has 0 amide bonds. The standard InChI is InChI=1S/C23H36N6.HI/c1-6-18-17-29(13-12-21(18)19-10-8-7-9-11-19)23(24-2)25-15-22(27(3)4)20-14-26-28(5)16-20;/h7-11,14,16,18,21-22H,6,12-13,15,17H2,1-5H3,(H,24,25);1H. The summed E-state index contributed by atoms with van der Waals surface area (Å²) < 4.78 is 1.86. The number of guanidine groups is 1. The van der Waals surface area contributed by atoms with Crippen LogP contribution in [0.1, 0.15) is 42.9 Å². The van der Waals surface area contributed by atoms with E-state index in [1.807, 2.05) is 25.0 Å². The van der Waals surface area contributed by atoms with E-state index in [2.05, 4.69) is 82.8 Å². The minimum Gasteiger partial charge on any atom is -0.354 e. The van der Waals surface area contributed by atoms with Crippen molar-refractivity contribution in [3.63, 3.8) is 0 Å². The number of aromatic nitrogens is 2. The molecule has 6 nitrogen and oxygen atoms in total. The zero-order valence-electron chi connectivity index (χ0n) is 19.0. The Labute approximate surface area is 198 Å². The lowest BCUT2D eigenvalue weighted by Gasteiger charge is -2.40. The van der Waals surface area contributed by atoms with Crippen LogP contribution in [0, 0.1) is 5.92 Å². The van der Waals surface area contributed by atoms with Crippen molar-refractivity contribution in [2.24, 2.45) is 18.0 Å². The molecule has 7 heteroatoms. The lowest BCUT2D eigenvalue weighted by Crippen LogP contribution is -2.49. The summed E-state index contributed by atoms with van der Waals surface area (Å²) in [5.74, 6) is 2.29. The average Bonchev–Trinajstić information content (AvgIpc) is 3.17. The van der Waals surface area contributed by atoms with Gasteiger partial charge in [-0.25, -0.2) is 0 Å². The predicted octanol–water partition coefficient (Wildman–Crippen LogP) is 3.73. The molecule has 0 bridgehead atoms. The largest absolute Gasteiger partial charge is 0.354 e. The minimum absolute atomic E-state index is 0. The predicted molar refractivity (Wildman–Crippen MR) is 136 cm³/mol. The topological polar surface area (TPSA) is 48.7 Å². The number of nitrogens with zero attached hydrogens (tertiary/aromatic N) is 5. The van der Waals surface area contributed by atoms with Gasteiger partial charge in [-0.15, -0.1) is 24.0 Å². The molecular formula is C23H37IN6. The monoisotopic (exact) mass is 524 g/mol. The molecule has 0 spiro atoms. The van der Waals surface area contributed by atoms with Gasteiger partial charge in [0.05, 0.1) is 12.2 Å². The Kier molecular flexibility index (Phi) is 9.61. The van der Waals surface area contributed by atoms with Crippen LogP contribution in [0.15, 0.2) is 47.7 Å². The number of aliphatic imine (C=N–C) groups is 1. The fraction of sp³-hybridized carbons (Fsp3) is 0.565. The maximum absolute atomic E-state index is 4.60. The second kappa shape index (κ2) is 11.7. The number of hydrogen-bond acceptors (Lipinski definition) is 3. The highest BCUT2D eigenvalue weighted by Gasteiger charge is 2.30. The lowest BCUT2D eigenvalue weighted by atomic mass is 9.79. The van der Waals surface area contributed by atoms with E-state index in [-0.39, 0.29) is 30.0 Å². The molecule has 0 aliphatic carbocycles. The van der Waals surface area contributed by atoms with Gasteiger partial charge in [0.1, 0.15) is 0 Å². The fourth-order valence-corrected chi connectivity index (χ4v) is 4.51. The van der Waals surface area contributed by atoms with Gasteiger partial charge in [-0.2, -0.15) is 5.10 Å². The third-order valence-corrected chi connectivity index (χ3v) is 6.18. The number of likely N-dealkylation sites (tertiary alicyclic amines) is 1. The molecule has 0 saturated carbocycles. The summed E-state index contributed by atoms with van der Waals surface area (Å²) >= 11 is 0. The maximum Gasteiger partial charge on any atom is 0.193 e. The summed E-state index contributed by atoms with van der Waals surface area (Å²) in [6.07, 6.45) is 6.40. The van der Waals surface area contributed by atoms with Crippen LogP contribution in [0.2, 0.25) is 0 Å². The van der Waals surface area contributed by atoms with Crippen molar-refractivity contribution in [3.05, 3.63) is 53.9 Å². The van der Waals surface area contributed by atoms with Crippen LogP contribution in [-0.4, -0.2) is 66.3 Å². The van der Waals surface area contributed by atoms with Crippen LogP contribution in [0.4, 0.5) is 0 Å². The molecule has 3 atom stereocenters. The van der Waals surface area contributed by atoms with E-state index in [4.69, 9.17) is 0 Å². The van der Waals surface area contributed by atoms with Crippen LogP contribution in [0.5, 0.6) is 0 Å². The molecule has 3 unspecified atom stereocenters. The molecule has 1 aliphatic heterocycles. The second-order valence-corrected chi connectivity index (χ2v) is 8.28. The summed E-state index contributed by atoms with van der Waals surface area (Å²) in [6, 6.07) is 11.2. The van der Waals surface area contributed by atoms with E-state index >= 15 is 0 Å². The molecule has 166 valence electrons. The molecule has 0 radical (unpaired) electrons. The molecule has 1 N–H and O–H groups in total. The number of piperidine rings is 1. The Morgan fingerprint density at radius 1 is 1.30 bits per heavy atom. The van der Waals surface area contributed by atoms with Gasteiger partial charge in [0.2, 0.25) is 0 Å². The molecule has 1 aliphatic rings. The zero-order chi connectivity index (χ0) is 20.8. The van der Waals surface area contributed by atoms with Gasteiger partial charge in [0.15, 0.2) is 5.96 Å². The van der Waals surface area contributed by atoms with Crippen molar-refractivity contribution in [2.75, 3.05) is 40.8 Å². The number of hydrogen-bond donors (Lipinski definition) is 1. The van der Waals surface area contributed by atoms with Gasteiger partial charge in [-0.1, -0.05) is 43.7 Å². The Balaban J connectivity index is 0.00000320. The Morgan fingerprint density at radius 3 is 2.60 bits per heavy atom. The number of likely N-dealkylation sites (N-methyl/N-ethyl adjacent to an activating group) is 1. The van der Waals surface area contributed by atoms with Gasteiger partial charge in [-0.3, -0.25) is 9.67 Å². The first-order valence-corrected chi connectivity index (χ1v) is 10.7. The third kappa shape index (κ3) is 5.97. The van der Waals surface area contributed by atoms with E-state index in [9.17, 15) is 0 Å². The second-order valence-electron chi connectivity index (χ2n) is 8.28. The van der Waals surface area contributed by atoms with Crippen molar-refractivity contribution in [3.8, 4) is 0 Å². The van der Waals surface area contributed by atoms with Crippen molar-refractivity contribution in [1.82, 2.24) is 24.9 Å². The van der Waals surface area contributed by atoms with E-state index in [1.54, 1.807) is 0 Å². The number of aryl methyl sites for hydroxylation is 1. The highest BCUT2D eigenvalue weighted by Crippen LogP contribution is 2.34. The van der Waals surface area contributed by atoms with Crippen molar-refractivity contribution in [1.29, 1.82) is 0 Å². The van der Waals surface area contributed by atoms with Crippen LogP contribution < -0.4 is 5.32 Å². The van der Waals surface area contributed by atoms with Crippen molar-refractivity contribution >= 4 is 29.9 Å². The Hall–Kier alpha value is -1.61. The molecule has 1 aromatic carbocycles. The molecule has 2 heterocycles. The normalized spacial score (nSPS) is 20.7. The van der Waals surface area contributed by atoms with E-state index in [0.29, 0.717) is 11.8 Å². The Morgan fingerprint density at radius 2 is 2.03 bits per heavy atom. The SMILES string of the molecule is CCC1CN(C(=NC)NCC(c2cnn(C)c2)N(C)C)CCC1c1ccccc1.I.